The van der Waals surface area contributed by atoms with E-state index in [0.717, 1.165) is 52.4 Å². The quantitative estimate of drug-likeness (QED) is 0.532. The minimum Gasteiger partial charge on any atom is -0.380 e. The molecule has 0 saturated heterocycles. The van der Waals surface area contributed by atoms with E-state index in [-0.39, 0.29) is 0 Å². The summed E-state index contributed by atoms with van der Waals surface area (Å²) >= 11 is 0. The predicted molar refractivity (Wildman–Crippen MR) is 66.4 cm³/mol. The Hall–Kier alpha value is -0.120. The molecule has 0 spiro atoms. The minimum absolute atomic E-state index is 0.870. The van der Waals surface area contributed by atoms with Gasteiger partial charge in [0.15, 0.2) is 0 Å². The maximum atomic E-state index is 5.57. The van der Waals surface area contributed by atoms with Crippen LogP contribution < -0.4 is 5.32 Å². The fourth-order valence-electron chi connectivity index (χ4n) is 1.44. The predicted octanol–water partition coefficient (Wildman–Crippen LogP) is 1.73. The molecule has 0 amide bonds. The molecule has 0 heterocycles. The summed E-state index contributed by atoms with van der Waals surface area (Å²) in [6, 6.07) is 0. The van der Waals surface area contributed by atoms with Crippen LogP contribution in [-0.2, 0) is 4.74 Å². The molecule has 0 aromatic rings. The monoisotopic (exact) mass is 216 g/mol. The summed E-state index contributed by atoms with van der Waals surface area (Å²) in [5.74, 6) is 0. The highest BCUT2D eigenvalue weighted by Gasteiger charge is 1.97. The molecule has 0 aromatic carbocycles. The van der Waals surface area contributed by atoms with E-state index >= 15 is 0 Å². The molecule has 15 heavy (non-hydrogen) atoms. The van der Waals surface area contributed by atoms with Gasteiger partial charge >= 0.3 is 0 Å². The van der Waals surface area contributed by atoms with E-state index in [1.165, 1.54) is 6.42 Å². The van der Waals surface area contributed by atoms with E-state index < -0.39 is 0 Å². The molecule has 1 N–H and O–H groups in total. The number of hydrogen-bond acceptors (Lipinski definition) is 3. The van der Waals surface area contributed by atoms with E-state index in [2.05, 4.69) is 31.0 Å². The van der Waals surface area contributed by atoms with Crippen LogP contribution in [-0.4, -0.2) is 50.8 Å². The maximum absolute atomic E-state index is 5.57. The van der Waals surface area contributed by atoms with E-state index in [0.29, 0.717) is 0 Å². The molecular formula is C12H28N2O. The largest absolute Gasteiger partial charge is 0.380 e. The Bertz CT molecular complexity index is 116. The van der Waals surface area contributed by atoms with E-state index in [9.17, 15) is 0 Å². The zero-order valence-electron chi connectivity index (χ0n) is 10.7. The van der Waals surface area contributed by atoms with E-state index in [4.69, 9.17) is 4.74 Å². The van der Waals surface area contributed by atoms with Crippen LogP contribution in [0.5, 0.6) is 0 Å². The maximum Gasteiger partial charge on any atom is 0.0593 e. The van der Waals surface area contributed by atoms with E-state index in [1.807, 2.05) is 0 Å². The van der Waals surface area contributed by atoms with Gasteiger partial charge < -0.3 is 15.0 Å². The number of nitrogens with zero attached hydrogens (tertiary/aromatic N) is 1. The molecule has 0 rings (SSSR count). The molecule has 0 aliphatic carbocycles. The molecule has 3 nitrogen and oxygen atoms in total. The number of nitrogens with one attached hydrogen (secondary N) is 1. The topological polar surface area (TPSA) is 24.5 Å². The summed E-state index contributed by atoms with van der Waals surface area (Å²) in [5, 5.41) is 3.37. The second-order valence-corrected chi connectivity index (χ2v) is 3.74. The molecule has 0 radical (unpaired) electrons. The molecule has 0 bridgehead atoms. The third kappa shape index (κ3) is 10.2. The van der Waals surface area contributed by atoms with Crippen molar-refractivity contribution >= 4 is 0 Å². The van der Waals surface area contributed by atoms with Gasteiger partial charge in [0.05, 0.1) is 6.61 Å². The lowest BCUT2D eigenvalue weighted by Crippen LogP contribution is -2.27. The Morgan fingerprint density at radius 1 is 1.00 bits per heavy atom. The van der Waals surface area contributed by atoms with Crippen LogP contribution in [0.25, 0.3) is 0 Å². The van der Waals surface area contributed by atoms with Crippen molar-refractivity contribution < 1.29 is 4.74 Å². The van der Waals surface area contributed by atoms with Gasteiger partial charge in [-0.2, -0.15) is 0 Å². The standard InChI is InChI=1S/C12H28N2O/c1-4-8-13-9-7-11-15-12-10-14(5-2)6-3/h13H,4-12H2,1-3H3. The van der Waals surface area contributed by atoms with Gasteiger partial charge in [0, 0.05) is 13.2 Å². The van der Waals surface area contributed by atoms with Crippen molar-refractivity contribution in [1.82, 2.24) is 10.2 Å². The average Bonchev–Trinajstić information content (AvgIpc) is 2.27. The summed E-state index contributed by atoms with van der Waals surface area (Å²) in [4.78, 5) is 2.38. The Balaban J connectivity index is 3.04. The smallest absolute Gasteiger partial charge is 0.0593 e. The fourth-order valence-corrected chi connectivity index (χ4v) is 1.44. The van der Waals surface area contributed by atoms with Crippen LogP contribution in [0.3, 0.4) is 0 Å². The lowest BCUT2D eigenvalue weighted by molar-refractivity contribution is 0.105. The molecule has 0 atom stereocenters. The molecule has 0 aromatic heterocycles. The molecule has 0 unspecified atom stereocenters. The average molecular weight is 216 g/mol. The number of likely N-dealkylation sites (N-methyl/N-ethyl adjacent to an activating group) is 1. The van der Waals surface area contributed by atoms with Crippen LogP contribution in [0.2, 0.25) is 0 Å². The van der Waals surface area contributed by atoms with Crippen molar-refractivity contribution in [3.63, 3.8) is 0 Å². The summed E-state index contributed by atoms with van der Waals surface area (Å²) in [6.45, 7) is 13.8. The normalized spacial score (nSPS) is 11.2. The molecule has 0 saturated carbocycles. The highest BCUT2D eigenvalue weighted by atomic mass is 16.5. The molecule has 3 heteroatoms. The van der Waals surface area contributed by atoms with Gasteiger partial charge in [-0.1, -0.05) is 20.8 Å². The molecular weight excluding hydrogens is 188 g/mol. The number of hydrogen-bond donors (Lipinski definition) is 1. The minimum atomic E-state index is 0.870. The highest BCUT2D eigenvalue weighted by molar-refractivity contribution is 4.51. The van der Waals surface area contributed by atoms with Crippen molar-refractivity contribution in [2.75, 3.05) is 45.9 Å². The second kappa shape index (κ2) is 12.0. The van der Waals surface area contributed by atoms with Crippen molar-refractivity contribution in [3.05, 3.63) is 0 Å². The SMILES string of the molecule is CCCNCCCOCCN(CC)CC. The van der Waals surface area contributed by atoms with Crippen LogP contribution in [0, 0.1) is 0 Å². The Morgan fingerprint density at radius 3 is 2.33 bits per heavy atom. The number of rotatable bonds is 11. The van der Waals surface area contributed by atoms with E-state index in [1.54, 1.807) is 0 Å². The first-order valence-electron chi connectivity index (χ1n) is 6.35. The summed E-state index contributed by atoms with van der Waals surface area (Å²) in [5.41, 5.74) is 0. The Kier molecular flexibility index (Phi) is 11.9. The molecule has 92 valence electrons. The van der Waals surface area contributed by atoms with Crippen molar-refractivity contribution in [2.45, 2.75) is 33.6 Å². The van der Waals surface area contributed by atoms with Crippen molar-refractivity contribution in [2.24, 2.45) is 0 Å². The first kappa shape index (κ1) is 14.9. The second-order valence-electron chi connectivity index (χ2n) is 3.74. The van der Waals surface area contributed by atoms with Crippen molar-refractivity contribution in [1.29, 1.82) is 0 Å². The third-order valence-corrected chi connectivity index (χ3v) is 2.52. The van der Waals surface area contributed by atoms with Gasteiger partial charge in [-0.3, -0.25) is 0 Å². The van der Waals surface area contributed by atoms with Gasteiger partial charge in [-0.15, -0.1) is 0 Å². The lowest BCUT2D eigenvalue weighted by Gasteiger charge is -2.17. The van der Waals surface area contributed by atoms with Crippen LogP contribution >= 0.6 is 0 Å². The summed E-state index contributed by atoms with van der Waals surface area (Å²) in [6.07, 6.45) is 2.33. The number of ether oxygens (including phenoxy) is 1. The highest BCUT2D eigenvalue weighted by Crippen LogP contribution is 1.88. The fraction of sp³-hybridized carbons (Fsp3) is 1.00. The van der Waals surface area contributed by atoms with Crippen LogP contribution in [0.15, 0.2) is 0 Å². The molecule has 0 aliphatic heterocycles. The Morgan fingerprint density at radius 2 is 1.73 bits per heavy atom. The van der Waals surface area contributed by atoms with Gasteiger partial charge in [-0.05, 0) is 39.0 Å². The third-order valence-electron chi connectivity index (χ3n) is 2.52. The van der Waals surface area contributed by atoms with Gasteiger partial charge in [-0.25, -0.2) is 0 Å². The summed E-state index contributed by atoms with van der Waals surface area (Å²) in [7, 11) is 0. The zero-order valence-corrected chi connectivity index (χ0v) is 10.7. The molecule has 0 fully saturated rings. The summed E-state index contributed by atoms with van der Waals surface area (Å²) < 4.78 is 5.57. The van der Waals surface area contributed by atoms with Crippen LogP contribution in [0.4, 0.5) is 0 Å². The van der Waals surface area contributed by atoms with Crippen molar-refractivity contribution in [3.8, 4) is 0 Å². The Labute approximate surface area is 95.2 Å². The first-order chi connectivity index (χ1) is 7.35. The lowest BCUT2D eigenvalue weighted by atomic mass is 10.4. The molecule has 0 aliphatic rings. The zero-order chi connectivity index (χ0) is 11.4. The van der Waals surface area contributed by atoms with Gasteiger partial charge in [0.2, 0.25) is 0 Å². The first-order valence-corrected chi connectivity index (χ1v) is 6.35. The van der Waals surface area contributed by atoms with Gasteiger partial charge in [0.1, 0.15) is 0 Å². The van der Waals surface area contributed by atoms with Gasteiger partial charge in [0.25, 0.3) is 0 Å². The van der Waals surface area contributed by atoms with Crippen LogP contribution in [0.1, 0.15) is 33.6 Å².